The van der Waals surface area contributed by atoms with Gasteiger partial charge in [0.1, 0.15) is 0 Å². The standard InChI is InChI=1S/C33H41N3O3/c1-3-35(4-2)33(39)36(28-15-9-6-10-16-28)23-25-19-21-26(22-20-25)29-17-11-12-18-30(29)32(38)34-31(24-37)27-13-7-5-8-14-27/h5-10,13-16,19-22,29-31,37H,3-4,11-12,17-18,23-24H2,1-2H3,(H,34,38). The molecule has 0 heterocycles. The summed E-state index contributed by atoms with van der Waals surface area (Å²) < 4.78 is 0. The van der Waals surface area contributed by atoms with Crippen molar-refractivity contribution in [2.75, 3.05) is 24.6 Å². The highest BCUT2D eigenvalue weighted by atomic mass is 16.3. The fourth-order valence-electron chi connectivity index (χ4n) is 5.64. The first-order valence-electron chi connectivity index (χ1n) is 14.2. The molecule has 0 saturated heterocycles. The fourth-order valence-corrected chi connectivity index (χ4v) is 5.64. The van der Waals surface area contributed by atoms with Gasteiger partial charge in [-0.1, -0.05) is 85.6 Å². The Kier molecular flexibility index (Phi) is 10.1. The highest BCUT2D eigenvalue weighted by molar-refractivity contribution is 5.92. The predicted molar refractivity (Wildman–Crippen MR) is 156 cm³/mol. The Morgan fingerprint density at radius 2 is 1.49 bits per heavy atom. The van der Waals surface area contributed by atoms with Gasteiger partial charge >= 0.3 is 6.03 Å². The summed E-state index contributed by atoms with van der Waals surface area (Å²) in [5, 5.41) is 13.1. The molecule has 4 rings (SSSR count). The Hall–Kier alpha value is -3.64. The molecule has 0 aromatic heterocycles. The number of urea groups is 1. The van der Waals surface area contributed by atoms with Gasteiger partial charge in [-0.25, -0.2) is 4.79 Å². The Balaban J connectivity index is 1.50. The Morgan fingerprint density at radius 1 is 0.872 bits per heavy atom. The van der Waals surface area contributed by atoms with E-state index < -0.39 is 6.04 Å². The lowest BCUT2D eigenvalue weighted by atomic mass is 9.74. The molecule has 39 heavy (non-hydrogen) atoms. The summed E-state index contributed by atoms with van der Waals surface area (Å²) in [6, 6.07) is 27.4. The lowest BCUT2D eigenvalue weighted by Crippen LogP contribution is -2.42. The molecule has 6 heteroatoms. The van der Waals surface area contributed by atoms with E-state index in [9.17, 15) is 14.7 Å². The minimum Gasteiger partial charge on any atom is -0.394 e. The molecule has 1 aliphatic carbocycles. The van der Waals surface area contributed by atoms with E-state index in [1.165, 1.54) is 0 Å². The van der Waals surface area contributed by atoms with E-state index in [0.717, 1.165) is 48.1 Å². The predicted octanol–water partition coefficient (Wildman–Crippen LogP) is 6.28. The number of benzene rings is 3. The number of nitrogens with one attached hydrogen (secondary N) is 1. The first-order chi connectivity index (χ1) is 19.0. The van der Waals surface area contributed by atoms with Crippen molar-refractivity contribution in [1.82, 2.24) is 10.2 Å². The van der Waals surface area contributed by atoms with E-state index >= 15 is 0 Å². The monoisotopic (exact) mass is 527 g/mol. The topological polar surface area (TPSA) is 72.9 Å². The van der Waals surface area contributed by atoms with Crippen LogP contribution < -0.4 is 10.2 Å². The summed E-state index contributed by atoms with van der Waals surface area (Å²) in [7, 11) is 0. The molecule has 0 spiro atoms. The average Bonchev–Trinajstić information content (AvgIpc) is 3.00. The number of anilines is 1. The molecule has 0 radical (unpaired) electrons. The van der Waals surface area contributed by atoms with Gasteiger partial charge in [-0.15, -0.1) is 0 Å². The van der Waals surface area contributed by atoms with E-state index in [0.29, 0.717) is 19.6 Å². The zero-order chi connectivity index (χ0) is 27.6. The molecule has 1 aliphatic rings. The number of amides is 3. The van der Waals surface area contributed by atoms with Crippen LogP contribution in [0.2, 0.25) is 0 Å². The molecular weight excluding hydrogens is 486 g/mol. The molecule has 3 amide bonds. The van der Waals surface area contributed by atoms with Crippen LogP contribution in [0.5, 0.6) is 0 Å². The van der Waals surface area contributed by atoms with Crippen LogP contribution in [0.3, 0.4) is 0 Å². The normalized spacial score (nSPS) is 17.7. The largest absolute Gasteiger partial charge is 0.394 e. The fraction of sp³-hybridized carbons (Fsp3) is 0.394. The molecule has 3 aromatic carbocycles. The van der Waals surface area contributed by atoms with Crippen molar-refractivity contribution in [2.45, 2.75) is 58.0 Å². The molecule has 1 fully saturated rings. The number of carbonyl (C=O) groups excluding carboxylic acids is 2. The molecule has 3 atom stereocenters. The Labute approximate surface area is 232 Å². The summed E-state index contributed by atoms with van der Waals surface area (Å²) >= 11 is 0. The van der Waals surface area contributed by atoms with Crippen LogP contribution in [0.1, 0.15) is 68.2 Å². The second-order valence-electron chi connectivity index (χ2n) is 10.3. The van der Waals surface area contributed by atoms with Gasteiger partial charge in [0.15, 0.2) is 0 Å². The molecular formula is C33H41N3O3. The zero-order valence-corrected chi connectivity index (χ0v) is 23.1. The third-order valence-corrected chi connectivity index (χ3v) is 7.89. The lowest BCUT2D eigenvalue weighted by Gasteiger charge is -2.32. The molecule has 1 saturated carbocycles. The zero-order valence-electron chi connectivity index (χ0n) is 23.1. The first kappa shape index (κ1) is 28.4. The van der Waals surface area contributed by atoms with Crippen molar-refractivity contribution in [1.29, 1.82) is 0 Å². The number of nitrogens with zero attached hydrogens (tertiary/aromatic N) is 2. The number of rotatable bonds is 10. The van der Waals surface area contributed by atoms with Crippen LogP contribution in [0.4, 0.5) is 10.5 Å². The van der Waals surface area contributed by atoms with E-state index in [2.05, 4.69) is 29.6 Å². The van der Waals surface area contributed by atoms with Gasteiger partial charge in [0, 0.05) is 24.7 Å². The Bertz CT molecular complexity index is 1180. The second-order valence-corrected chi connectivity index (χ2v) is 10.3. The van der Waals surface area contributed by atoms with Gasteiger partial charge in [-0.3, -0.25) is 9.69 Å². The molecule has 0 aliphatic heterocycles. The number of hydrogen-bond donors (Lipinski definition) is 2. The van der Waals surface area contributed by atoms with Crippen LogP contribution in [-0.2, 0) is 11.3 Å². The average molecular weight is 528 g/mol. The van der Waals surface area contributed by atoms with E-state index in [1.54, 1.807) is 0 Å². The van der Waals surface area contributed by atoms with Crippen molar-refractivity contribution in [3.05, 3.63) is 102 Å². The quantitative estimate of drug-likeness (QED) is 0.326. The van der Waals surface area contributed by atoms with E-state index in [4.69, 9.17) is 0 Å². The number of para-hydroxylation sites is 1. The van der Waals surface area contributed by atoms with Crippen molar-refractivity contribution >= 4 is 17.6 Å². The second kappa shape index (κ2) is 13.9. The van der Waals surface area contributed by atoms with Crippen LogP contribution >= 0.6 is 0 Å². The van der Waals surface area contributed by atoms with E-state index in [-0.39, 0.29) is 30.4 Å². The van der Waals surface area contributed by atoms with Crippen LogP contribution in [0.25, 0.3) is 0 Å². The lowest BCUT2D eigenvalue weighted by molar-refractivity contribution is -0.127. The van der Waals surface area contributed by atoms with Gasteiger partial charge in [0.05, 0.1) is 19.2 Å². The molecule has 2 N–H and O–H groups in total. The number of hydrogen-bond acceptors (Lipinski definition) is 3. The van der Waals surface area contributed by atoms with E-state index in [1.807, 2.05) is 84.3 Å². The van der Waals surface area contributed by atoms with Gasteiger partial charge in [0.25, 0.3) is 0 Å². The summed E-state index contributed by atoms with van der Waals surface area (Å²) in [5.41, 5.74) is 3.98. The summed E-state index contributed by atoms with van der Waals surface area (Å²) in [5.74, 6) is 0.00428. The minimum atomic E-state index is -0.407. The van der Waals surface area contributed by atoms with Crippen LogP contribution in [0.15, 0.2) is 84.9 Å². The maximum atomic E-state index is 13.4. The van der Waals surface area contributed by atoms with Crippen molar-refractivity contribution in [3.8, 4) is 0 Å². The molecule has 206 valence electrons. The van der Waals surface area contributed by atoms with Crippen LogP contribution in [0, 0.1) is 5.92 Å². The SMILES string of the molecule is CCN(CC)C(=O)N(Cc1ccc(C2CCCCC2C(=O)NC(CO)c2ccccc2)cc1)c1ccccc1. The van der Waals surface area contributed by atoms with Crippen LogP contribution in [-0.4, -0.2) is 41.6 Å². The van der Waals surface area contributed by atoms with Crippen molar-refractivity contribution in [2.24, 2.45) is 5.92 Å². The van der Waals surface area contributed by atoms with Gasteiger partial charge < -0.3 is 15.3 Å². The van der Waals surface area contributed by atoms with Gasteiger partial charge in [0.2, 0.25) is 5.91 Å². The highest BCUT2D eigenvalue weighted by Crippen LogP contribution is 2.38. The minimum absolute atomic E-state index is 0.00357. The Morgan fingerprint density at radius 3 is 2.10 bits per heavy atom. The van der Waals surface area contributed by atoms with Crippen molar-refractivity contribution in [3.63, 3.8) is 0 Å². The third kappa shape index (κ3) is 7.07. The van der Waals surface area contributed by atoms with Crippen molar-refractivity contribution < 1.29 is 14.7 Å². The maximum absolute atomic E-state index is 13.4. The van der Waals surface area contributed by atoms with Gasteiger partial charge in [-0.2, -0.15) is 0 Å². The molecule has 0 bridgehead atoms. The first-order valence-corrected chi connectivity index (χ1v) is 14.2. The molecule has 3 unspecified atom stereocenters. The summed E-state index contributed by atoms with van der Waals surface area (Å²) in [6.45, 7) is 5.65. The number of carbonyl (C=O) groups is 2. The maximum Gasteiger partial charge on any atom is 0.324 e. The third-order valence-electron chi connectivity index (χ3n) is 7.89. The summed E-state index contributed by atoms with van der Waals surface area (Å²) in [4.78, 5) is 30.4. The smallest absolute Gasteiger partial charge is 0.324 e. The van der Waals surface area contributed by atoms with Gasteiger partial charge in [-0.05, 0) is 61.4 Å². The molecule has 6 nitrogen and oxygen atoms in total. The summed E-state index contributed by atoms with van der Waals surface area (Å²) in [6.07, 6.45) is 3.92. The molecule has 3 aromatic rings. The number of aliphatic hydroxyl groups excluding tert-OH is 1. The number of aliphatic hydroxyl groups is 1. The highest BCUT2D eigenvalue weighted by Gasteiger charge is 2.33.